The van der Waals surface area contributed by atoms with E-state index in [9.17, 15) is 9.90 Å². The highest BCUT2D eigenvalue weighted by Gasteiger charge is 2.26. The van der Waals surface area contributed by atoms with Crippen molar-refractivity contribution in [3.8, 4) is 0 Å². The van der Waals surface area contributed by atoms with Gasteiger partial charge in [0.25, 0.3) is 5.13 Å². The summed E-state index contributed by atoms with van der Waals surface area (Å²) in [5.41, 5.74) is 4.35. The van der Waals surface area contributed by atoms with Crippen LogP contribution in [-0.2, 0) is 10.2 Å². The van der Waals surface area contributed by atoms with E-state index in [0.717, 1.165) is 16.3 Å². The summed E-state index contributed by atoms with van der Waals surface area (Å²) in [5, 5.41) is 44.2. The molecule has 0 aliphatic carbocycles. The van der Waals surface area contributed by atoms with E-state index in [1.165, 1.54) is 11.3 Å². The van der Waals surface area contributed by atoms with E-state index in [1.54, 1.807) is 20.8 Å². The quantitative estimate of drug-likeness (QED) is 0.215. The van der Waals surface area contributed by atoms with E-state index < -0.39 is 16.8 Å². The van der Waals surface area contributed by atoms with E-state index in [0.29, 0.717) is 16.1 Å². The minimum Gasteiger partial charge on any atom is -0.477 e. The summed E-state index contributed by atoms with van der Waals surface area (Å²) in [6.45, 7) is 17.3. The lowest BCUT2D eigenvalue weighted by atomic mass is 9.90. The Bertz CT molecular complexity index is 1070. The van der Waals surface area contributed by atoms with Crippen LogP contribution in [0.2, 0.25) is 0 Å². The van der Waals surface area contributed by atoms with Gasteiger partial charge in [-0.05, 0) is 0 Å². The molecule has 0 spiro atoms. The van der Waals surface area contributed by atoms with Crippen molar-refractivity contribution in [1.82, 2.24) is 20.4 Å². The Kier molecular flexibility index (Phi) is 7.96. The number of azo groups is 1. The van der Waals surface area contributed by atoms with Gasteiger partial charge in [0.15, 0.2) is 11.5 Å². The van der Waals surface area contributed by atoms with Crippen LogP contribution in [0.3, 0.4) is 0 Å². The topological polar surface area (TPSA) is 162 Å². The fraction of sp³-hybridized carbons (Fsp3) is 0.632. The third kappa shape index (κ3) is 7.89. The highest BCUT2D eigenvalue weighted by atomic mass is 32.1. The van der Waals surface area contributed by atoms with Crippen molar-refractivity contribution < 1.29 is 9.90 Å². The number of hydrogen-bond donors (Lipinski definition) is 3. The predicted octanol–water partition coefficient (Wildman–Crippen LogP) is 5.14. The number of amidine groups is 1. The van der Waals surface area contributed by atoms with Gasteiger partial charge in [0.2, 0.25) is 10.3 Å². The fourth-order valence-corrected chi connectivity index (χ4v) is 3.30. The summed E-state index contributed by atoms with van der Waals surface area (Å²) in [4.78, 5) is 11.4. The van der Waals surface area contributed by atoms with Gasteiger partial charge in [0.1, 0.15) is 5.01 Å². The van der Waals surface area contributed by atoms with Crippen LogP contribution in [0.4, 0.5) is 15.4 Å². The minimum absolute atomic E-state index is 0.0274. The van der Waals surface area contributed by atoms with Crippen LogP contribution in [0.5, 0.6) is 0 Å². The molecule has 2 rings (SSSR count). The molecule has 0 saturated heterocycles. The molecule has 0 fully saturated rings. The molecule has 0 saturated carbocycles. The number of aliphatic carboxylic acids is 1. The van der Waals surface area contributed by atoms with Crippen molar-refractivity contribution in [2.75, 3.05) is 10.9 Å². The minimum atomic E-state index is -1.11. The molecule has 180 valence electrons. The first-order valence-electron chi connectivity index (χ1n) is 10.1. The standard InChI is InChI=1S/C19H30N10O2S2/c1-17(2,3)10(11(30)31)20-24-15-28-29-16(33-15)26-22-12(18(4,5)6)21-25-14-27-23-13(32-14)19(7,8)9/h1-9H3,(H,24,28)(H,25,27)(H,30,31)/b20-10-,21-12-,26-22?. The van der Waals surface area contributed by atoms with Crippen molar-refractivity contribution in [2.24, 2.45) is 31.3 Å². The van der Waals surface area contributed by atoms with Crippen molar-refractivity contribution in [3.63, 3.8) is 0 Å². The number of hydrogen-bond acceptors (Lipinski definition) is 12. The van der Waals surface area contributed by atoms with Gasteiger partial charge in [-0.15, -0.1) is 30.6 Å². The van der Waals surface area contributed by atoms with Crippen LogP contribution in [0.15, 0.2) is 20.4 Å². The van der Waals surface area contributed by atoms with Crippen molar-refractivity contribution >= 4 is 55.6 Å². The van der Waals surface area contributed by atoms with Crippen LogP contribution in [0.1, 0.15) is 67.3 Å². The molecule has 0 atom stereocenters. The molecule has 3 N–H and O–H groups in total. The maximum Gasteiger partial charge on any atom is 0.352 e. The van der Waals surface area contributed by atoms with Gasteiger partial charge in [-0.25, -0.2) is 10.2 Å². The second-order valence-electron chi connectivity index (χ2n) is 10.2. The number of carbonyl (C=O) groups is 1. The van der Waals surface area contributed by atoms with Crippen LogP contribution in [0, 0.1) is 10.8 Å². The molecule has 0 aliphatic heterocycles. The first-order chi connectivity index (χ1) is 15.1. The number of nitrogens with zero attached hydrogens (tertiary/aromatic N) is 8. The molecule has 0 radical (unpaired) electrons. The smallest absolute Gasteiger partial charge is 0.352 e. The SMILES string of the molecule is CC(C)(C)/C(N=Nc1nnc(N/N=C(/C(=O)O)C(C)(C)C)s1)=N/Nc1nnc(C(C)(C)C)s1. The number of carboxylic acids is 1. The number of carboxylic acid groups (broad SMARTS) is 1. The summed E-state index contributed by atoms with van der Waals surface area (Å²) in [7, 11) is 0. The van der Waals surface area contributed by atoms with Gasteiger partial charge in [-0.1, -0.05) is 85.0 Å². The molecule has 2 aromatic heterocycles. The largest absolute Gasteiger partial charge is 0.477 e. The Balaban J connectivity index is 2.16. The van der Waals surface area contributed by atoms with Gasteiger partial charge < -0.3 is 5.11 Å². The van der Waals surface area contributed by atoms with Gasteiger partial charge in [-0.3, -0.25) is 5.43 Å². The molecule has 2 aromatic rings. The molecular weight excluding hydrogens is 464 g/mol. The summed E-state index contributed by atoms with van der Waals surface area (Å²) in [6.07, 6.45) is 0. The monoisotopic (exact) mass is 494 g/mol. The van der Waals surface area contributed by atoms with Crippen molar-refractivity contribution in [1.29, 1.82) is 0 Å². The lowest BCUT2D eigenvalue weighted by Crippen LogP contribution is -2.29. The number of aromatic nitrogens is 4. The highest BCUT2D eigenvalue weighted by molar-refractivity contribution is 7.18. The number of nitrogens with one attached hydrogen (secondary N) is 2. The zero-order chi connectivity index (χ0) is 25.0. The molecule has 0 amide bonds. The van der Waals surface area contributed by atoms with E-state index in [4.69, 9.17) is 0 Å². The number of anilines is 2. The van der Waals surface area contributed by atoms with Gasteiger partial charge in [0, 0.05) is 16.2 Å². The van der Waals surface area contributed by atoms with Crippen LogP contribution >= 0.6 is 22.7 Å². The van der Waals surface area contributed by atoms with E-state index in [2.05, 4.69) is 72.4 Å². The van der Waals surface area contributed by atoms with Crippen molar-refractivity contribution in [2.45, 2.75) is 67.7 Å². The maximum absolute atomic E-state index is 11.4. The lowest BCUT2D eigenvalue weighted by molar-refractivity contribution is -0.129. The average Bonchev–Trinajstić information content (AvgIpc) is 3.28. The van der Waals surface area contributed by atoms with Crippen LogP contribution in [-0.4, -0.2) is 43.0 Å². The van der Waals surface area contributed by atoms with E-state index in [-0.39, 0.29) is 16.3 Å². The molecule has 0 aromatic carbocycles. The Labute approximate surface area is 200 Å². The molecule has 0 bridgehead atoms. The number of rotatable bonds is 6. The second-order valence-corrected chi connectivity index (χ2v) is 12.1. The van der Waals surface area contributed by atoms with Gasteiger partial charge in [0.05, 0.1) is 0 Å². The number of hydrazone groups is 2. The Hall–Kier alpha value is -2.87. The van der Waals surface area contributed by atoms with E-state index >= 15 is 0 Å². The van der Waals surface area contributed by atoms with Gasteiger partial charge >= 0.3 is 5.97 Å². The molecule has 33 heavy (non-hydrogen) atoms. The zero-order valence-electron chi connectivity index (χ0n) is 20.2. The Morgan fingerprint density at radius 2 is 1.39 bits per heavy atom. The summed E-state index contributed by atoms with van der Waals surface area (Å²) in [5.74, 6) is -0.679. The average molecular weight is 495 g/mol. The molecule has 14 heteroatoms. The predicted molar refractivity (Wildman–Crippen MR) is 132 cm³/mol. The molecule has 2 heterocycles. The summed E-state index contributed by atoms with van der Waals surface area (Å²) < 4.78 is 0. The Morgan fingerprint density at radius 3 is 1.91 bits per heavy atom. The van der Waals surface area contributed by atoms with Crippen LogP contribution in [0.25, 0.3) is 0 Å². The molecule has 12 nitrogen and oxygen atoms in total. The van der Waals surface area contributed by atoms with E-state index in [1.807, 2.05) is 20.8 Å². The van der Waals surface area contributed by atoms with Crippen LogP contribution < -0.4 is 10.9 Å². The van der Waals surface area contributed by atoms with Crippen molar-refractivity contribution in [3.05, 3.63) is 5.01 Å². The third-order valence-corrected chi connectivity index (χ3v) is 5.78. The first-order valence-corrected chi connectivity index (χ1v) is 11.7. The summed E-state index contributed by atoms with van der Waals surface area (Å²) in [6, 6.07) is 0. The second kappa shape index (κ2) is 9.95. The summed E-state index contributed by atoms with van der Waals surface area (Å²) >= 11 is 2.51. The molecular formula is C19H30N10O2S2. The fourth-order valence-electron chi connectivity index (χ4n) is 2.04. The maximum atomic E-state index is 11.4. The molecule has 0 aliphatic rings. The lowest BCUT2D eigenvalue weighted by Gasteiger charge is -2.17. The third-order valence-electron chi connectivity index (χ3n) is 3.82. The first kappa shape index (κ1) is 26.4. The van der Waals surface area contributed by atoms with Gasteiger partial charge in [-0.2, -0.15) is 10.2 Å². The normalized spacial score (nSPS) is 14.1. The molecule has 0 unspecified atom stereocenters. The zero-order valence-corrected chi connectivity index (χ0v) is 21.9. The Morgan fingerprint density at radius 1 is 0.818 bits per heavy atom. The highest BCUT2D eigenvalue weighted by Crippen LogP contribution is 2.29.